The summed E-state index contributed by atoms with van der Waals surface area (Å²) >= 11 is 0.700. The molecular weight excluding hydrogens is 476 g/mol. The maximum Gasteiger partial charge on any atom is 0.320 e. The van der Waals surface area contributed by atoms with Crippen molar-refractivity contribution < 1.29 is 22.0 Å². The zero-order chi connectivity index (χ0) is 23.1. The Morgan fingerprint density at radius 2 is 1.70 bits per heavy atom. The Morgan fingerprint density at radius 3 is 2.33 bits per heavy atom. The van der Waals surface area contributed by atoms with Gasteiger partial charge in [0.25, 0.3) is 6.43 Å². The topological polar surface area (TPSA) is 105 Å². The summed E-state index contributed by atoms with van der Waals surface area (Å²) in [5, 5.41) is 11.9. The summed E-state index contributed by atoms with van der Waals surface area (Å²) in [5.41, 5.74) is 1.11. The predicted molar refractivity (Wildman–Crippen MR) is 118 cm³/mol. The molecular formula is C19H21F2N7O3S2. The SMILES string of the molecule is O=C(N1CCCC1)N1CCN(c2cc([SH](=O)=O)cc3c2cnn3-c2nnc(C(F)F)s2)CC1. The van der Waals surface area contributed by atoms with Crippen LogP contribution in [0.15, 0.2) is 23.2 Å². The lowest BCUT2D eigenvalue weighted by molar-refractivity contribution is 0.150. The molecule has 2 aromatic heterocycles. The number of fused-ring (bicyclic) bond motifs is 1. The van der Waals surface area contributed by atoms with Crippen LogP contribution >= 0.6 is 11.3 Å². The molecule has 10 nitrogen and oxygen atoms in total. The molecule has 0 aliphatic carbocycles. The van der Waals surface area contributed by atoms with Gasteiger partial charge in [-0.2, -0.15) is 5.10 Å². The van der Waals surface area contributed by atoms with Crippen molar-refractivity contribution in [1.82, 2.24) is 29.8 Å². The van der Waals surface area contributed by atoms with E-state index in [1.165, 1.54) is 10.7 Å². The number of halogens is 2. The fourth-order valence-corrected chi connectivity index (χ4v) is 5.39. The summed E-state index contributed by atoms with van der Waals surface area (Å²) < 4.78 is 50.9. The molecule has 3 aromatic rings. The monoisotopic (exact) mass is 497 g/mol. The molecule has 0 radical (unpaired) electrons. The van der Waals surface area contributed by atoms with Crippen LogP contribution in [-0.4, -0.2) is 83.5 Å². The maximum absolute atomic E-state index is 13.0. The highest BCUT2D eigenvalue weighted by molar-refractivity contribution is 7.72. The Kier molecular flexibility index (Phi) is 5.86. The molecule has 2 aliphatic rings. The van der Waals surface area contributed by atoms with Crippen LogP contribution in [0.5, 0.6) is 0 Å². The van der Waals surface area contributed by atoms with Gasteiger partial charge in [-0.15, -0.1) is 10.2 Å². The molecule has 0 unspecified atom stereocenters. The first-order valence-corrected chi connectivity index (χ1v) is 12.5. The second-order valence-corrected chi connectivity index (χ2v) is 9.90. The average molecular weight is 498 g/mol. The molecule has 0 N–H and O–H groups in total. The molecule has 2 aliphatic heterocycles. The van der Waals surface area contributed by atoms with E-state index in [0.717, 1.165) is 25.9 Å². The van der Waals surface area contributed by atoms with E-state index in [9.17, 15) is 22.0 Å². The van der Waals surface area contributed by atoms with Crippen molar-refractivity contribution >= 4 is 44.7 Å². The Labute approximate surface area is 193 Å². The number of benzene rings is 1. The molecule has 0 saturated carbocycles. The molecule has 4 heterocycles. The van der Waals surface area contributed by atoms with Gasteiger partial charge in [0.05, 0.1) is 16.6 Å². The van der Waals surface area contributed by atoms with Crippen LogP contribution in [0.3, 0.4) is 0 Å². The van der Waals surface area contributed by atoms with Crippen molar-refractivity contribution in [2.75, 3.05) is 44.2 Å². The Balaban J connectivity index is 1.45. The normalized spacial score (nSPS) is 17.2. The summed E-state index contributed by atoms with van der Waals surface area (Å²) in [4.78, 5) is 18.5. The lowest BCUT2D eigenvalue weighted by Crippen LogP contribution is -2.52. The van der Waals surface area contributed by atoms with Gasteiger partial charge < -0.3 is 14.7 Å². The number of likely N-dealkylation sites (tertiary alicyclic amines) is 1. The summed E-state index contributed by atoms with van der Waals surface area (Å²) in [6, 6.07) is 3.09. The maximum atomic E-state index is 13.0. The minimum atomic E-state index is -2.89. The van der Waals surface area contributed by atoms with Crippen molar-refractivity contribution in [2.45, 2.75) is 24.2 Å². The number of alkyl halides is 2. The number of hydrogen-bond acceptors (Lipinski definition) is 8. The number of urea groups is 1. The third-order valence-corrected chi connectivity index (χ3v) is 7.51. The van der Waals surface area contributed by atoms with Gasteiger partial charge in [-0.3, -0.25) is 0 Å². The van der Waals surface area contributed by atoms with E-state index >= 15 is 0 Å². The van der Waals surface area contributed by atoms with Gasteiger partial charge in [0.2, 0.25) is 5.13 Å². The number of anilines is 1. The third kappa shape index (κ3) is 4.12. The molecule has 0 spiro atoms. The van der Waals surface area contributed by atoms with E-state index in [4.69, 9.17) is 0 Å². The molecule has 0 atom stereocenters. The van der Waals surface area contributed by atoms with Gasteiger partial charge in [0.15, 0.2) is 15.7 Å². The van der Waals surface area contributed by atoms with Gasteiger partial charge in [-0.1, -0.05) is 11.3 Å². The summed E-state index contributed by atoms with van der Waals surface area (Å²) in [6.07, 6.45) is 0.875. The second-order valence-electron chi connectivity index (χ2n) is 7.89. The second kappa shape index (κ2) is 8.82. The largest absolute Gasteiger partial charge is 0.367 e. The van der Waals surface area contributed by atoms with Crippen LogP contribution in [0.1, 0.15) is 24.3 Å². The zero-order valence-electron chi connectivity index (χ0n) is 17.4. The first-order valence-electron chi connectivity index (χ1n) is 10.5. The number of thiol groups is 1. The van der Waals surface area contributed by atoms with Gasteiger partial charge >= 0.3 is 6.03 Å². The molecule has 14 heteroatoms. The predicted octanol–water partition coefficient (Wildman–Crippen LogP) is 2.12. The minimum absolute atomic E-state index is 0.0487. The third-order valence-electron chi connectivity index (χ3n) is 5.93. The smallest absolute Gasteiger partial charge is 0.320 e. The number of hydrogen-bond donors (Lipinski definition) is 1. The first-order chi connectivity index (χ1) is 15.9. The number of carbonyl (C=O) groups excluding carboxylic acids is 1. The van der Waals surface area contributed by atoms with Crippen LogP contribution in [0.2, 0.25) is 0 Å². The highest BCUT2D eigenvalue weighted by atomic mass is 32.2. The van der Waals surface area contributed by atoms with Gasteiger partial charge in [-0.25, -0.2) is 26.7 Å². The van der Waals surface area contributed by atoms with E-state index in [0.29, 0.717) is 54.1 Å². The number of carbonyl (C=O) groups is 1. The quantitative estimate of drug-likeness (QED) is 0.551. The highest BCUT2D eigenvalue weighted by Gasteiger charge is 2.28. The van der Waals surface area contributed by atoms with E-state index < -0.39 is 22.1 Å². The molecule has 5 rings (SSSR count). The zero-order valence-corrected chi connectivity index (χ0v) is 19.1. The minimum Gasteiger partial charge on any atom is -0.367 e. The number of nitrogens with zero attached hydrogens (tertiary/aromatic N) is 7. The first kappa shape index (κ1) is 21.9. The van der Waals surface area contributed by atoms with Crippen molar-refractivity contribution in [3.05, 3.63) is 23.3 Å². The van der Waals surface area contributed by atoms with E-state index in [1.807, 2.05) is 14.7 Å². The number of aromatic nitrogens is 4. The van der Waals surface area contributed by atoms with E-state index in [-0.39, 0.29) is 16.1 Å². The Morgan fingerprint density at radius 1 is 1.00 bits per heavy atom. The van der Waals surface area contributed by atoms with Crippen LogP contribution in [0.4, 0.5) is 19.3 Å². The van der Waals surface area contributed by atoms with Crippen molar-refractivity contribution in [1.29, 1.82) is 0 Å². The van der Waals surface area contributed by atoms with Gasteiger partial charge in [0.1, 0.15) is 0 Å². The molecule has 0 bridgehead atoms. The van der Waals surface area contributed by atoms with E-state index in [2.05, 4.69) is 15.3 Å². The summed E-state index contributed by atoms with van der Waals surface area (Å²) in [5.74, 6) is 0. The lowest BCUT2D eigenvalue weighted by Gasteiger charge is -2.38. The molecule has 2 amide bonds. The molecule has 176 valence electrons. The van der Waals surface area contributed by atoms with Crippen molar-refractivity contribution in [3.63, 3.8) is 0 Å². The standard InChI is InChI=1S/C19H21F2N7O3S2/c20-16(21)17-23-24-18(32-17)28-15-10-12(33(30)31)9-14(13(15)11-22-28)25-5-7-27(8-6-25)19(29)26-3-1-2-4-26/h9-11,16,33H,1-8H2. The fraction of sp³-hybridized carbons (Fsp3) is 0.474. The van der Waals surface area contributed by atoms with Gasteiger partial charge in [0, 0.05) is 50.3 Å². The number of rotatable bonds is 4. The van der Waals surface area contributed by atoms with Crippen LogP contribution < -0.4 is 4.90 Å². The summed E-state index contributed by atoms with van der Waals surface area (Å²) in [6.45, 7) is 3.69. The fourth-order valence-electron chi connectivity index (χ4n) is 4.26. The number of piperazine rings is 1. The summed E-state index contributed by atoms with van der Waals surface area (Å²) in [7, 11) is -2.89. The van der Waals surface area contributed by atoms with Crippen LogP contribution in [0.25, 0.3) is 16.0 Å². The molecule has 2 saturated heterocycles. The highest BCUT2D eigenvalue weighted by Crippen LogP contribution is 2.33. The lowest BCUT2D eigenvalue weighted by atomic mass is 10.1. The van der Waals surface area contributed by atoms with Crippen molar-refractivity contribution in [2.24, 2.45) is 0 Å². The van der Waals surface area contributed by atoms with Crippen LogP contribution in [0, 0.1) is 0 Å². The average Bonchev–Trinajstić information content (AvgIpc) is 3.58. The van der Waals surface area contributed by atoms with Crippen LogP contribution in [-0.2, 0) is 10.7 Å². The Bertz CT molecular complexity index is 1250. The number of amides is 2. The molecule has 1 aromatic carbocycles. The van der Waals surface area contributed by atoms with E-state index in [1.54, 1.807) is 12.3 Å². The Hall–Kier alpha value is -2.87. The molecule has 2 fully saturated rings. The van der Waals surface area contributed by atoms with Crippen molar-refractivity contribution in [3.8, 4) is 5.13 Å². The van der Waals surface area contributed by atoms with Gasteiger partial charge in [-0.05, 0) is 25.0 Å². The molecule has 33 heavy (non-hydrogen) atoms.